The lowest BCUT2D eigenvalue weighted by Gasteiger charge is -2.31. The van der Waals surface area contributed by atoms with Gasteiger partial charge in [-0.1, -0.05) is 0 Å². The molecule has 0 unspecified atom stereocenters. The number of rotatable bonds is 3. The third-order valence-corrected chi connectivity index (χ3v) is 2.83. The fraction of sp³-hybridized carbons (Fsp3) is 0.636. The standard InChI is InChI=1S/C11H18N4O2/c1-17-7-9-5-10(16)14-11(13-9)15-4-2-3-8(12)6-15/h5,8H,2-4,6-7,12H2,1H3,(H,13,14,16)/t8-/m0/s1. The zero-order valence-electron chi connectivity index (χ0n) is 9.98. The molecule has 17 heavy (non-hydrogen) atoms. The molecule has 0 amide bonds. The fourth-order valence-corrected chi connectivity index (χ4v) is 2.07. The van der Waals surface area contributed by atoms with Gasteiger partial charge < -0.3 is 15.4 Å². The number of hydrogen-bond acceptors (Lipinski definition) is 5. The van der Waals surface area contributed by atoms with Crippen LogP contribution < -0.4 is 16.2 Å². The van der Waals surface area contributed by atoms with Crippen molar-refractivity contribution in [1.29, 1.82) is 0 Å². The van der Waals surface area contributed by atoms with Crippen molar-refractivity contribution in [3.8, 4) is 0 Å². The molecule has 6 nitrogen and oxygen atoms in total. The molecule has 0 bridgehead atoms. The van der Waals surface area contributed by atoms with Gasteiger partial charge in [0.1, 0.15) is 0 Å². The molecule has 1 aliphatic rings. The molecular formula is C11H18N4O2. The maximum absolute atomic E-state index is 11.5. The van der Waals surface area contributed by atoms with E-state index in [1.807, 2.05) is 4.90 Å². The molecule has 1 aliphatic heterocycles. The van der Waals surface area contributed by atoms with Crippen LogP contribution in [-0.2, 0) is 11.3 Å². The average Bonchev–Trinajstić information content (AvgIpc) is 2.28. The van der Waals surface area contributed by atoms with E-state index in [-0.39, 0.29) is 11.6 Å². The minimum atomic E-state index is -0.152. The normalized spacial score (nSPS) is 20.6. The Balaban J connectivity index is 2.21. The van der Waals surface area contributed by atoms with Gasteiger partial charge in [-0.15, -0.1) is 0 Å². The van der Waals surface area contributed by atoms with Crippen LogP contribution in [-0.4, -0.2) is 36.2 Å². The van der Waals surface area contributed by atoms with Crippen LogP contribution in [0.3, 0.4) is 0 Å². The van der Waals surface area contributed by atoms with Crippen molar-refractivity contribution in [2.75, 3.05) is 25.1 Å². The molecule has 3 N–H and O–H groups in total. The van der Waals surface area contributed by atoms with Crippen LogP contribution >= 0.6 is 0 Å². The van der Waals surface area contributed by atoms with Gasteiger partial charge in [0, 0.05) is 32.3 Å². The molecule has 2 heterocycles. The van der Waals surface area contributed by atoms with Crippen molar-refractivity contribution in [3.63, 3.8) is 0 Å². The molecule has 6 heteroatoms. The second-order valence-corrected chi connectivity index (χ2v) is 4.34. The van der Waals surface area contributed by atoms with Crippen LogP contribution in [0.1, 0.15) is 18.5 Å². The van der Waals surface area contributed by atoms with Crippen molar-refractivity contribution in [1.82, 2.24) is 9.97 Å². The summed E-state index contributed by atoms with van der Waals surface area (Å²) in [5, 5.41) is 0. The lowest BCUT2D eigenvalue weighted by molar-refractivity contribution is 0.181. The number of nitrogens with two attached hydrogens (primary N) is 1. The zero-order chi connectivity index (χ0) is 12.3. The van der Waals surface area contributed by atoms with Gasteiger partial charge in [0.25, 0.3) is 5.56 Å². The van der Waals surface area contributed by atoms with E-state index >= 15 is 0 Å². The minimum Gasteiger partial charge on any atom is -0.378 e. The highest BCUT2D eigenvalue weighted by Crippen LogP contribution is 2.14. The average molecular weight is 238 g/mol. The van der Waals surface area contributed by atoms with Crippen LogP contribution in [0.4, 0.5) is 5.95 Å². The summed E-state index contributed by atoms with van der Waals surface area (Å²) in [4.78, 5) is 20.6. The Labute approximate surface area is 99.8 Å². The van der Waals surface area contributed by atoms with Gasteiger partial charge >= 0.3 is 0 Å². The maximum atomic E-state index is 11.5. The van der Waals surface area contributed by atoms with Crippen LogP contribution in [0.2, 0.25) is 0 Å². The van der Waals surface area contributed by atoms with Crippen molar-refractivity contribution in [2.45, 2.75) is 25.5 Å². The van der Waals surface area contributed by atoms with E-state index in [4.69, 9.17) is 10.5 Å². The number of piperidine rings is 1. The van der Waals surface area contributed by atoms with Crippen molar-refractivity contribution in [2.24, 2.45) is 5.73 Å². The molecule has 0 spiro atoms. The summed E-state index contributed by atoms with van der Waals surface area (Å²) in [6.45, 7) is 1.96. The third kappa shape index (κ3) is 3.04. The molecule has 94 valence electrons. The zero-order valence-corrected chi connectivity index (χ0v) is 9.98. The summed E-state index contributed by atoms with van der Waals surface area (Å²) < 4.78 is 4.99. The Bertz CT molecular complexity index is 432. The fourth-order valence-electron chi connectivity index (χ4n) is 2.07. The summed E-state index contributed by atoms with van der Waals surface area (Å²) >= 11 is 0. The number of H-pyrrole nitrogens is 1. The monoisotopic (exact) mass is 238 g/mol. The highest BCUT2D eigenvalue weighted by atomic mass is 16.5. The molecule has 0 aromatic carbocycles. The second kappa shape index (κ2) is 5.29. The van der Waals surface area contributed by atoms with Gasteiger partial charge in [0.05, 0.1) is 12.3 Å². The summed E-state index contributed by atoms with van der Waals surface area (Å²) in [7, 11) is 1.58. The first kappa shape index (κ1) is 12.1. The molecule has 1 aromatic heterocycles. The number of hydrogen-bond donors (Lipinski definition) is 2. The van der Waals surface area contributed by atoms with Crippen LogP contribution in [0.15, 0.2) is 10.9 Å². The van der Waals surface area contributed by atoms with Crippen molar-refractivity contribution >= 4 is 5.95 Å². The predicted molar refractivity (Wildman–Crippen MR) is 65.0 cm³/mol. The Morgan fingerprint density at radius 3 is 3.24 bits per heavy atom. The molecule has 1 fully saturated rings. The largest absolute Gasteiger partial charge is 0.378 e. The molecule has 0 aliphatic carbocycles. The van der Waals surface area contributed by atoms with E-state index in [9.17, 15) is 4.79 Å². The Morgan fingerprint density at radius 1 is 1.71 bits per heavy atom. The van der Waals surface area contributed by atoms with E-state index < -0.39 is 0 Å². The Hall–Kier alpha value is -1.40. The van der Waals surface area contributed by atoms with E-state index in [0.717, 1.165) is 25.9 Å². The number of nitrogens with zero attached hydrogens (tertiary/aromatic N) is 2. The summed E-state index contributed by atoms with van der Waals surface area (Å²) in [6, 6.07) is 1.61. The number of aromatic nitrogens is 2. The Morgan fingerprint density at radius 2 is 2.53 bits per heavy atom. The predicted octanol–water partition coefficient (Wildman–Crippen LogP) is -0.156. The smallest absolute Gasteiger partial charge is 0.252 e. The minimum absolute atomic E-state index is 0.152. The molecule has 2 rings (SSSR count). The Kier molecular flexibility index (Phi) is 3.75. The second-order valence-electron chi connectivity index (χ2n) is 4.34. The van der Waals surface area contributed by atoms with E-state index in [2.05, 4.69) is 9.97 Å². The first-order chi connectivity index (χ1) is 8.19. The molecule has 1 saturated heterocycles. The number of anilines is 1. The molecule has 1 atom stereocenters. The van der Waals surface area contributed by atoms with Crippen molar-refractivity contribution < 1.29 is 4.74 Å². The number of ether oxygens (including phenoxy) is 1. The highest BCUT2D eigenvalue weighted by Gasteiger charge is 2.18. The molecule has 0 saturated carbocycles. The van der Waals surface area contributed by atoms with Gasteiger partial charge in [-0.25, -0.2) is 4.98 Å². The van der Waals surface area contributed by atoms with Gasteiger partial charge in [-0.05, 0) is 12.8 Å². The maximum Gasteiger partial charge on any atom is 0.252 e. The first-order valence-corrected chi connectivity index (χ1v) is 5.79. The highest BCUT2D eigenvalue weighted by molar-refractivity contribution is 5.31. The third-order valence-electron chi connectivity index (χ3n) is 2.83. The summed E-state index contributed by atoms with van der Waals surface area (Å²) in [6.07, 6.45) is 2.05. The van der Waals surface area contributed by atoms with E-state index in [1.54, 1.807) is 7.11 Å². The van der Waals surface area contributed by atoms with Gasteiger partial charge in [-0.3, -0.25) is 9.78 Å². The number of methoxy groups -OCH3 is 1. The summed E-state index contributed by atoms with van der Waals surface area (Å²) in [5.74, 6) is 0.597. The number of nitrogens with one attached hydrogen (secondary N) is 1. The first-order valence-electron chi connectivity index (χ1n) is 5.79. The topological polar surface area (TPSA) is 84.2 Å². The van der Waals surface area contributed by atoms with Gasteiger partial charge in [-0.2, -0.15) is 0 Å². The quantitative estimate of drug-likeness (QED) is 0.764. The molecular weight excluding hydrogens is 220 g/mol. The van der Waals surface area contributed by atoms with Crippen molar-refractivity contribution in [3.05, 3.63) is 22.1 Å². The van der Waals surface area contributed by atoms with Crippen LogP contribution in [0.25, 0.3) is 0 Å². The van der Waals surface area contributed by atoms with Crippen LogP contribution in [0.5, 0.6) is 0 Å². The van der Waals surface area contributed by atoms with E-state index in [1.165, 1.54) is 6.07 Å². The molecule has 0 radical (unpaired) electrons. The van der Waals surface area contributed by atoms with Crippen LogP contribution in [0, 0.1) is 0 Å². The lowest BCUT2D eigenvalue weighted by Crippen LogP contribution is -2.44. The van der Waals surface area contributed by atoms with E-state index in [0.29, 0.717) is 18.2 Å². The summed E-state index contributed by atoms with van der Waals surface area (Å²) in [5.41, 5.74) is 6.40. The molecule has 1 aromatic rings. The van der Waals surface area contributed by atoms with Gasteiger partial charge in [0.2, 0.25) is 5.95 Å². The van der Waals surface area contributed by atoms with Gasteiger partial charge in [0.15, 0.2) is 0 Å². The lowest BCUT2D eigenvalue weighted by atomic mass is 10.1. The SMILES string of the molecule is COCc1cc(=O)[nH]c(N2CCC[C@H](N)C2)n1. The number of aromatic amines is 1.